The van der Waals surface area contributed by atoms with Crippen molar-refractivity contribution in [3.05, 3.63) is 24.3 Å². The largest absolute Gasteiger partial charge is 0.480 e. The maximum absolute atomic E-state index is 10.6. The van der Waals surface area contributed by atoms with Gasteiger partial charge in [0, 0.05) is 11.4 Å². The third-order valence-corrected chi connectivity index (χ3v) is 1.73. The van der Waals surface area contributed by atoms with Gasteiger partial charge in [0.25, 0.3) is 0 Å². The quantitative estimate of drug-likeness (QED) is 0.513. The number of nitrogens with one attached hydrogen (secondary N) is 1. The highest BCUT2D eigenvalue weighted by atomic mass is 16.4. The average Bonchev–Trinajstić information content (AvgIpc) is 2.16. The van der Waals surface area contributed by atoms with Crippen LogP contribution in [0, 0.1) is 0 Å². The molecule has 5 nitrogen and oxygen atoms in total. The van der Waals surface area contributed by atoms with E-state index in [-0.39, 0.29) is 0 Å². The van der Waals surface area contributed by atoms with Crippen molar-refractivity contribution in [2.24, 2.45) is 0 Å². The molecule has 14 heavy (non-hydrogen) atoms. The Morgan fingerprint density at radius 1 is 1.43 bits per heavy atom. The van der Waals surface area contributed by atoms with Gasteiger partial charge in [-0.1, -0.05) is 0 Å². The molecule has 0 aliphatic heterocycles. The standard InChI is InChI=1S/C9H12N2O3/c10-6-1-3-7(4-2-6)11-8(5-12)9(13)14/h1-4,8,11-12H,5,10H2,(H,13,14)/t8-/m0/s1. The van der Waals surface area contributed by atoms with Crippen molar-refractivity contribution in [2.75, 3.05) is 17.7 Å². The Balaban J connectivity index is 2.67. The topological polar surface area (TPSA) is 95.6 Å². The van der Waals surface area contributed by atoms with E-state index >= 15 is 0 Å². The number of hydrogen-bond acceptors (Lipinski definition) is 4. The van der Waals surface area contributed by atoms with Crippen molar-refractivity contribution < 1.29 is 15.0 Å². The first kappa shape index (κ1) is 10.3. The molecule has 0 fully saturated rings. The predicted octanol–water partition coefficient (Wildman–Crippen LogP) is 0.126. The number of carbonyl (C=O) groups is 1. The minimum absolute atomic E-state index is 0.459. The van der Waals surface area contributed by atoms with E-state index in [0.717, 1.165) is 0 Å². The molecule has 5 N–H and O–H groups in total. The summed E-state index contributed by atoms with van der Waals surface area (Å²) in [6.07, 6.45) is 0. The van der Waals surface area contributed by atoms with E-state index in [1.165, 1.54) is 0 Å². The van der Waals surface area contributed by atoms with Gasteiger partial charge in [0.05, 0.1) is 6.61 Å². The Hall–Kier alpha value is -1.75. The number of benzene rings is 1. The van der Waals surface area contributed by atoms with Crippen LogP contribution in [0.25, 0.3) is 0 Å². The van der Waals surface area contributed by atoms with Gasteiger partial charge < -0.3 is 21.3 Å². The van der Waals surface area contributed by atoms with Gasteiger partial charge in [-0.2, -0.15) is 0 Å². The third kappa shape index (κ3) is 2.63. The van der Waals surface area contributed by atoms with Gasteiger partial charge in [-0.25, -0.2) is 4.79 Å². The minimum Gasteiger partial charge on any atom is -0.480 e. The molecule has 1 aromatic carbocycles. The van der Waals surface area contributed by atoms with Crippen molar-refractivity contribution in [2.45, 2.75) is 6.04 Å². The average molecular weight is 196 g/mol. The molecule has 5 heteroatoms. The molecule has 0 amide bonds. The smallest absolute Gasteiger partial charge is 0.328 e. The lowest BCUT2D eigenvalue weighted by molar-refractivity contribution is -0.138. The third-order valence-electron chi connectivity index (χ3n) is 1.73. The van der Waals surface area contributed by atoms with E-state index in [1.807, 2.05) is 0 Å². The maximum atomic E-state index is 10.6. The zero-order valence-electron chi connectivity index (χ0n) is 7.47. The van der Waals surface area contributed by atoms with E-state index in [2.05, 4.69) is 5.32 Å². The molecule has 1 rings (SSSR count). The van der Waals surface area contributed by atoms with Gasteiger partial charge in [-0.15, -0.1) is 0 Å². The highest BCUT2D eigenvalue weighted by Crippen LogP contribution is 2.11. The lowest BCUT2D eigenvalue weighted by Crippen LogP contribution is -2.32. The van der Waals surface area contributed by atoms with Gasteiger partial charge in [0.2, 0.25) is 0 Å². The van der Waals surface area contributed by atoms with E-state index in [1.54, 1.807) is 24.3 Å². The summed E-state index contributed by atoms with van der Waals surface area (Å²) in [6.45, 7) is -0.459. The second kappa shape index (κ2) is 4.48. The summed E-state index contributed by atoms with van der Waals surface area (Å²) in [5, 5.41) is 20.0. The Morgan fingerprint density at radius 2 is 2.00 bits per heavy atom. The van der Waals surface area contributed by atoms with Gasteiger partial charge in [-0.3, -0.25) is 0 Å². The molecule has 0 unspecified atom stereocenters. The summed E-state index contributed by atoms with van der Waals surface area (Å²) >= 11 is 0. The first-order chi connectivity index (χ1) is 6.63. The van der Waals surface area contributed by atoms with Gasteiger partial charge in [0.15, 0.2) is 0 Å². The maximum Gasteiger partial charge on any atom is 0.328 e. The summed E-state index contributed by atoms with van der Waals surface area (Å²) in [4.78, 5) is 10.6. The Kier molecular flexibility index (Phi) is 3.30. The molecule has 0 spiro atoms. The summed E-state index contributed by atoms with van der Waals surface area (Å²) in [6, 6.07) is 5.62. The first-order valence-corrected chi connectivity index (χ1v) is 4.09. The Bertz CT molecular complexity index is 310. The van der Waals surface area contributed by atoms with Crippen molar-refractivity contribution in [1.29, 1.82) is 0 Å². The number of aliphatic carboxylic acids is 1. The van der Waals surface area contributed by atoms with Gasteiger partial charge >= 0.3 is 5.97 Å². The normalized spacial score (nSPS) is 12.1. The number of anilines is 2. The summed E-state index contributed by atoms with van der Waals surface area (Å²) in [5.41, 5.74) is 6.67. The number of carboxylic acid groups (broad SMARTS) is 1. The monoisotopic (exact) mass is 196 g/mol. The zero-order valence-corrected chi connectivity index (χ0v) is 7.47. The Morgan fingerprint density at radius 3 is 2.43 bits per heavy atom. The first-order valence-electron chi connectivity index (χ1n) is 4.09. The fourth-order valence-corrected chi connectivity index (χ4v) is 0.966. The fourth-order valence-electron chi connectivity index (χ4n) is 0.966. The van der Waals surface area contributed by atoms with Crippen LogP contribution < -0.4 is 11.1 Å². The predicted molar refractivity (Wildman–Crippen MR) is 53.0 cm³/mol. The van der Waals surface area contributed by atoms with Crippen LogP contribution in [0.4, 0.5) is 11.4 Å². The summed E-state index contributed by atoms with van der Waals surface area (Å²) in [5.74, 6) is -1.09. The van der Waals surface area contributed by atoms with Crippen LogP contribution in [0.15, 0.2) is 24.3 Å². The molecule has 0 aliphatic carbocycles. The molecule has 0 heterocycles. The van der Waals surface area contributed by atoms with Crippen molar-refractivity contribution in [3.8, 4) is 0 Å². The molecule has 0 radical (unpaired) electrons. The number of nitrogen functional groups attached to an aromatic ring is 1. The highest BCUT2D eigenvalue weighted by Gasteiger charge is 2.14. The number of carboxylic acids is 1. The highest BCUT2D eigenvalue weighted by molar-refractivity contribution is 5.77. The molecule has 0 saturated heterocycles. The van der Waals surface area contributed by atoms with Crippen LogP contribution in [0.3, 0.4) is 0 Å². The number of nitrogens with two attached hydrogens (primary N) is 1. The summed E-state index contributed by atoms with van der Waals surface area (Å²) in [7, 11) is 0. The molecule has 0 bridgehead atoms. The van der Waals surface area contributed by atoms with Crippen molar-refractivity contribution in [3.63, 3.8) is 0 Å². The minimum atomic E-state index is -1.09. The van der Waals surface area contributed by atoms with Crippen LogP contribution in [-0.2, 0) is 4.79 Å². The van der Waals surface area contributed by atoms with Crippen molar-refractivity contribution >= 4 is 17.3 Å². The summed E-state index contributed by atoms with van der Waals surface area (Å²) < 4.78 is 0. The molecular formula is C9H12N2O3. The molecule has 0 aliphatic rings. The molecule has 0 saturated carbocycles. The second-order valence-corrected chi connectivity index (χ2v) is 2.84. The van der Waals surface area contributed by atoms with Gasteiger partial charge in [0.1, 0.15) is 6.04 Å². The van der Waals surface area contributed by atoms with E-state index in [4.69, 9.17) is 15.9 Å². The Labute approximate surface area is 81.2 Å². The molecule has 1 aromatic rings. The zero-order chi connectivity index (χ0) is 10.6. The van der Waals surface area contributed by atoms with Crippen LogP contribution in [0.2, 0.25) is 0 Å². The van der Waals surface area contributed by atoms with Crippen LogP contribution in [0.5, 0.6) is 0 Å². The van der Waals surface area contributed by atoms with Crippen molar-refractivity contribution in [1.82, 2.24) is 0 Å². The van der Waals surface area contributed by atoms with Crippen LogP contribution >= 0.6 is 0 Å². The SMILES string of the molecule is Nc1ccc(N[C@@H](CO)C(=O)O)cc1. The second-order valence-electron chi connectivity index (χ2n) is 2.84. The number of aliphatic hydroxyl groups is 1. The molecule has 0 aromatic heterocycles. The van der Waals surface area contributed by atoms with Crippen LogP contribution in [0.1, 0.15) is 0 Å². The number of hydrogen-bond donors (Lipinski definition) is 4. The molecule has 76 valence electrons. The lowest BCUT2D eigenvalue weighted by Gasteiger charge is -2.12. The number of aliphatic hydroxyl groups excluding tert-OH is 1. The molecule has 1 atom stereocenters. The van der Waals surface area contributed by atoms with E-state index in [0.29, 0.717) is 11.4 Å². The molecular weight excluding hydrogens is 184 g/mol. The lowest BCUT2D eigenvalue weighted by atomic mass is 10.2. The van der Waals surface area contributed by atoms with E-state index < -0.39 is 18.6 Å². The van der Waals surface area contributed by atoms with Crippen LogP contribution in [-0.4, -0.2) is 28.8 Å². The van der Waals surface area contributed by atoms with E-state index in [9.17, 15) is 4.79 Å². The van der Waals surface area contributed by atoms with Gasteiger partial charge in [-0.05, 0) is 24.3 Å². The number of rotatable bonds is 4. The fraction of sp³-hybridized carbons (Fsp3) is 0.222.